The van der Waals surface area contributed by atoms with Crippen LogP contribution in [0.15, 0.2) is 66.9 Å². The minimum atomic E-state index is -4.43. The summed E-state index contributed by atoms with van der Waals surface area (Å²) < 4.78 is 40.5. The topological polar surface area (TPSA) is 53.9 Å². The molecule has 0 bridgehead atoms. The van der Waals surface area contributed by atoms with Gasteiger partial charge in [0, 0.05) is 24.8 Å². The van der Waals surface area contributed by atoms with Crippen LogP contribution in [-0.4, -0.2) is 28.0 Å². The van der Waals surface area contributed by atoms with E-state index in [0.29, 0.717) is 28.8 Å². The van der Waals surface area contributed by atoms with Crippen molar-refractivity contribution >= 4 is 22.4 Å². The lowest BCUT2D eigenvalue weighted by atomic mass is 10.00. The highest BCUT2D eigenvalue weighted by molar-refractivity contribution is 7.19. The van der Waals surface area contributed by atoms with Crippen LogP contribution in [0.4, 0.5) is 24.3 Å². The van der Waals surface area contributed by atoms with Gasteiger partial charge in [-0.05, 0) is 49.4 Å². The molecule has 1 aliphatic rings. The average molecular weight is 524 g/mol. The van der Waals surface area contributed by atoms with E-state index in [-0.39, 0.29) is 6.04 Å². The Morgan fingerprint density at radius 2 is 1.76 bits per heavy atom. The Morgan fingerprint density at radius 1 is 1.00 bits per heavy atom. The van der Waals surface area contributed by atoms with Crippen molar-refractivity contribution in [2.45, 2.75) is 38.9 Å². The first-order valence-electron chi connectivity index (χ1n) is 12.4. The van der Waals surface area contributed by atoms with Crippen LogP contribution in [0, 0.1) is 5.92 Å². The van der Waals surface area contributed by atoms with E-state index in [4.69, 9.17) is 9.97 Å². The summed E-state index contributed by atoms with van der Waals surface area (Å²) in [5.74, 6) is 1.10. The van der Waals surface area contributed by atoms with Gasteiger partial charge in [0.05, 0.1) is 27.9 Å². The van der Waals surface area contributed by atoms with Crippen molar-refractivity contribution in [1.29, 1.82) is 0 Å². The number of piperidine rings is 1. The van der Waals surface area contributed by atoms with E-state index in [2.05, 4.69) is 22.1 Å². The molecule has 9 heteroatoms. The van der Waals surface area contributed by atoms with E-state index in [9.17, 15) is 13.2 Å². The maximum Gasteiger partial charge on any atom is 0.416 e. The lowest BCUT2D eigenvalue weighted by molar-refractivity contribution is -0.137. The molecule has 2 aromatic heterocycles. The van der Waals surface area contributed by atoms with Crippen molar-refractivity contribution in [2.75, 3.05) is 23.3 Å². The molecule has 1 fully saturated rings. The third-order valence-corrected chi connectivity index (χ3v) is 7.81. The standard InChI is InChI=1S/C28H28F3N5S/c1-18-12-15-36(16-13-18)27-35-24(21-9-6-10-22(17-21)28(29,30)31)25(37-27)23-11-14-32-26(34-23)33-19(2)20-7-4-3-5-8-20/h3-11,14,17-19H,12-13,15-16H2,1-2H3,(H,32,33,34). The van der Waals surface area contributed by atoms with Crippen molar-refractivity contribution in [3.05, 3.63) is 78.0 Å². The fraction of sp³-hybridized carbons (Fsp3) is 0.321. The van der Waals surface area contributed by atoms with Crippen LogP contribution in [0.25, 0.3) is 21.8 Å². The summed E-state index contributed by atoms with van der Waals surface area (Å²) in [7, 11) is 0. The van der Waals surface area contributed by atoms with Crippen LogP contribution >= 0.6 is 11.3 Å². The molecule has 4 aromatic rings. The van der Waals surface area contributed by atoms with Crippen molar-refractivity contribution < 1.29 is 13.2 Å². The van der Waals surface area contributed by atoms with Crippen LogP contribution < -0.4 is 10.2 Å². The van der Waals surface area contributed by atoms with Gasteiger partial charge in [0.25, 0.3) is 0 Å². The van der Waals surface area contributed by atoms with E-state index in [0.717, 1.165) is 47.6 Å². The molecule has 5 rings (SSSR count). The average Bonchev–Trinajstić information content (AvgIpc) is 3.35. The molecule has 37 heavy (non-hydrogen) atoms. The summed E-state index contributed by atoms with van der Waals surface area (Å²) in [6.45, 7) is 6.02. The molecular weight excluding hydrogens is 495 g/mol. The van der Waals surface area contributed by atoms with Crippen molar-refractivity contribution in [2.24, 2.45) is 5.92 Å². The Kier molecular flexibility index (Phi) is 7.15. The smallest absolute Gasteiger partial charge is 0.348 e. The van der Waals surface area contributed by atoms with Gasteiger partial charge in [-0.2, -0.15) is 13.2 Å². The molecule has 3 heterocycles. The summed E-state index contributed by atoms with van der Waals surface area (Å²) >= 11 is 1.47. The molecule has 2 aromatic carbocycles. The van der Waals surface area contributed by atoms with Gasteiger partial charge in [0.15, 0.2) is 5.13 Å². The van der Waals surface area contributed by atoms with Crippen molar-refractivity contribution in [3.8, 4) is 21.8 Å². The normalized spacial score (nSPS) is 15.5. The van der Waals surface area contributed by atoms with Gasteiger partial charge < -0.3 is 10.2 Å². The fourth-order valence-electron chi connectivity index (χ4n) is 4.43. The monoisotopic (exact) mass is 523 g/mol. The molecule has 1 unspecified atom stereocenters. The number of alkyl halides is 3. The molecule has 0 aliphatic carbocycles. The molecule has 1 aliphatic heterocycles. The SMILES string of the molecule is CC1CCN(c2nc(-c3cccc(C(F)(F)F)c3)c(-c3ccnc(NC(C)c4ccccc4)n3)s2)CC1. The first-order chi connectivity index (χ1) is 17.8. The highest BCUT2D eigenvalue weighted by atomic mass is 32.1. The molecule has 0 amide bonds. The van der Waals surface area contributed by atoms with Gasteiger partial charge in [-0.3, -0.25) is 0 Å². The molecule has 0 spiro atoms. The zero-order chi connectivity index (χ0) is 26.0. The van der Waals surface area contributed by atoms with Gasteiger partial charge in [0.2, 0.25) is 5.95 Å². The van der Waals surface area contributed by atoms with E-state index >= 15 is 0 Å². The third kappa shape index (κ3) is 5.77. The van der Waals surface area contributed by atoms with Crippen LogP contribution in [0.5, 0.6) is 0 Å². The van der Waals surface area contributed by atoms with Crippen LogP contribution in [0.2, 0.25) is 0 Å². The number of anilines is 2. The third-order valence-electron chi connectivity index (χ3n) is 6.67. The second-order valence-corrected chi connectivity index (χ2v) is 10.4. The van der Waals surface area contributed by atoms with Gasteiger partial charge in [-0.15, -0.1) is 0 Å². The Morgan fingerprint density at radius 3 is 2.49 bits per heavy atom. The number of rotatable bonds is 6. The number of nitrogens with one attached hydrogen (secondary N) is 1. The number of benzene rings is 2. The van der Waals surface area contributed by atoms with E-state index in [1.807, 2.05) is 37.3 Å². The lowest BCUT2D eigenvalue weighted by Crippen LogP contribution is -2.32. The summed E-state index contributed by atoms with van der Waals surface area (Å²) in [5.41, 5.74) is 1.95. The number of aromatic nitrogens is 3. The summed E-state index contributed by atoms with van der Waals surface area (Å²) in [6, 6.07) is 17.1. The Hall–Kier alpha value is -3.46. The van der Waals surface area contributed by atoms with Crippen LogP contribution in [0.3, 0.4) is 0 Å². The quantitative estimate of drug-likeness (QED) is 0.281. The number of hydrogen-bond acceptors (Lipinski definition) is 6. The zero-order valence-corrected chi connectivity index (χ0v) is 21.5. The van der Waals surface area contributed by atoms with Crippen LogP contribution in [-0.2, 0) is 6.18 Å². The molecular formula is C28H28F3N5S. The number of hydrogen-bond donors (Lipinski definition) is 1. The summed E-state index contributed by atoms with van der Waals surface area (Å²) in [6.07, 6.45) is -0.641. The Labute approximate surface area is 218 Å². The number of halogens is 3. The predicted octanol–water partition coefficient (Wildman–Crippen LogP) is 7.70. The molecule has 1 N–H and O–H groups in total. The maximum absolute atomic E-state index is 13.5. The maximum atomic E-state index is 13.5. The molecule has 1 atom stereocenters. The van der Waals surface area contributed by atoms with Crippen molar-refractivity contribution in [1.82, 2.24) is 15.0 Å². The molecule has 192 valence electrons. The first kappa shape index (κ1) is 25.2. The van der Waals surface area contributed by atoms with Gasteiger partial charge in [-0.25, -0.2) is 15.0 Å². The van der Waals surface area contributed by atoms with Gasteiger partial charge in [-0.1, -0.05) is 60.7 Å². The van der Waals surface area contributed by atoms with Gasteiger partial charge >= 0.3 is 6.18 Å². The van der Waals surface area contributed by atoms with E-state index in [1.165, 1.54) is 23.5 Å². The second-order valence-electron chi connectivity index (χ2n) is 9.46. The molecule has 5 nitrogen and oxygen atoms in total. The highest BCUT2D eigenvalue weighted by Crippen LogP contribution is 2.42. The largest absolute Gasteiger partial charge is 0.416 e. The minimum absolute atomic E-state index is 0.0215. The summed E-state index contributed by atoms with van der Waals surface area (Å²) in [4.78, 5) is 16.9. The number of nitrogens with zero attached hydrogens (tertiary/aromatic N) is 4. The minimum Gasteiger partial charge on any atom is -0.348 e. The zero-order valence-electron chi connectivity index (χ0n) is 20.7. The Balaban J connectivity index is 1.53. The Bertz CT molecular complexity index is 1350. The first-order valence-corrected chi connectivity index (χ1v) is 13.2. The predicted molar refractivity (Wildman–Crippen MR) is 143 cm³/mol. The van der Waals surface area contributed by atoms with Crippen molar-refractivity contribution in [3.63, 3.8) is 0 Å². The van der Waals surface area contributed by atoms with E-state index < -0.39 is 11.7 Å². The highest BCUT2D eigenvalue weighted by Gasteiger charge is 2.31. The van der Waals surface area contributed by atoms with Crippen LogP contribution in [0.1, 0.15) is 43.9 Å². The molecule has 1 saturated heterocycles. The lowest BCUT2D eigenvalue weighted by Gasteiger charge is -2.29. The van der Waals surface area contributed by atoms with Gasteiger partial charge in [0.1, 0.15) is 0 Å². The summed E-state index contributed by atoms with van der Waals surface area (Å²) in [5, 5.41) is 4.14. The van der Waals surface area contributed by atoms with E-state index in [1.54, 1.807) is 18.3 Å². The fourth-order valence-corrected chi connectivity index (χ4v) is 5.54. The second kappa shape index (κ2) is 10.5. The number of thiazole rings is 1. The molecule has 0 radical (unpaired) electrons. The molecule has 0 saturated carbocycles.